The molecule has 0 bridgehead atoms. The third-order valence-electron chi connectivity index (χ3n) is 5.28. The van der Waals surface area contributed by atoms with Gasteiger partial charge in [0.1, 0.15) is 5.82 Å². The van der Waals surface area contributed by atoms with Crippen molar-refractivity contribution < 1.29 is 63.0 Å². The van der Waals surface area contributed by atoms with Crippen LogP contribution in [0.1, 0.15) is 10.4 Å². The fourth-order valence-corrected chi connectivity index (χ4v) is 3.65. The molecule has 0 atom stereocenters. The van der Waals surface area contributed by atoms with E-state index in [0.717, 1.165) is 48.9 Å². The number of hydrogen-bond acceptors (Lipinski definition) is 6. The van der Waals surface area contributed by atoms with Crippen LogP contribution in [0.5, 0.6) is 0 Å². The Morgan fingerprint density at radius 3 is 2.47 bits per heavy atom. The molecule has 4 heterocycles. The average molecular weight is 499 g/mol. The first-order valence-corrected chi connectivity index (χ1v) is 10.0. The Balaban J connectivity index is 0.00000245. The summed E-state index contributed by atoms with van der Waals surface area (Å²) in [5.41, 5.74) is 9.09. The summed E-state index contributed by atoms with van der Waals surface area (Å²) >= 11 is 0. The van der Waals surface area contributed by atoms with Gasteiger partial charge in [-0.25, -0.2) is 15.0 Å². The van der Waals surface area contributed by atoms with Gasteiger partial charge >= 0.3 is 58.2 Å². The molecule has 0 aliphatic carbocycles. The first-order valence-electron chi connectivity index (χ1n) is 10.0. The molecule has 9 nitrogen and oxygen atoms in total. The van der Waals surface area contributed by atoms with Crippen LogP contribution in [0.2, 0.25) is 0 Å². The predicted molar refractivity (Wildman–Crippen MR) is 120 cm³/mol. The summed E-state index contributed by atoms with van der Waals surface area (Å²) in [6, 6.07) is 11.1. The molecule has 32 heavy (non-hydrogen) atoms. The van der Waals surface area contributed by atoms with Crippen LogP contribution in [0.25, 0.3) is 22.2 Å². The standard InChI is InChI=1S/C22H21N8O.Rb/c23-20(31)16-3-1-15(2-4-16)18-14-27-21(22-25-9-12-30(18)22)28-17-5-6-19(26-13-17)29-10-7-24-8-11-29;/h1-6,9,12-14H,7-8,10-11H2,(H2,23,31)(H,27,28);/q-1;+1. The molecule has 3 aromatic heterocycles. The number of pyridine rings is 1. The third kappa shape index (κ3) is 4.76. The maximum atomic E-state index is 11.3. The molecule has 1 fully saturated rings. The van der Waals surface area contributed by atoms with Crippen LogP contribution in [0.3, 0.4) is 0 Å². The largest absolute Gasteiger partial charge is 1.00 e. The Bertz CT molecular complexity index is 1220. The van der Waals surface area contributed by atoms with Crippen molar-refractivity contribution in [3.8, 4) is 11.3 Å². The Kier molecular flexibility index (Phi) is 7.32. The summed E-state index contributed by atoms with van der Waals surface area (Å²) < 4.78 is 1.95. The summed E-state index contributed by atoms with van der Waals surface area (Å²) in [5.74, 6) is 1.13. The number of anilines is 3. The fourth-order valence-electron chi connectivity index (χ4n) is 3.65. The van der Waals surface area contributed by atoms with Crippen LogP contribution in [0, 0.1) is 0 Å². The van der Waals surface area contributed by atoms with E-state index in [1.807, 2.05) is 34.9 Å². The predicted octanol–water partition coefficient (Wildman–Crippen LogP) is -0.168. The Hall–Kier alpha value is -2.17. The number of nitrogens with one attached hydrogen (secondary N) is 1. The minimum absolute atomic E-state index is 0. The molecule has 1 aliphatic heterocycles. The number of aromatic nitrogens is 4. The van der Waals surface area contributed by atoms with Crippen molar-refractivity contribution >= 4 is 28.9 Å². The summed E-state index contributed by atoms with van der Waals surface area (Å²) in [6.45, 7) is 3.50. The van der Waals surface area contributed by atoms with Crippen LogP contribution in [-0.4, -0.2) is 51.4 Å². The maximum absolute atomic E-state index is 11.3. The molecular weight excluding hydrogens is 478 g/mol. The van der Waals surface area contributed by atoms with E-state index in [1.54, 1.807) is 30.7 Å². The van der Waals surface area contributed by atoms with E-state index in [-0.39, 0.29) is 58.2 Å². The Morgan fingerprint density at radius 2 is 1.78 bits per heavy atom. The number of amides is 1. The van der Waals surface area contributed by atoms with Crippen molar-refractivity contribution in [2.24, 2.45) is 5.73 Å². The number of benzene rings is 1. The van der Waals surface area contributed by atoms with Gasteiger partial charge < -0.3 is 21.3 Å². The minimum Gasteiger partial charge on any atom is -0.659 e. The van der Waals surface area contributed by atoms with Crippen LogP contribution in [0.4, 0.5) is 17.3 Å². The molecule has 0 saturated carbocycles. The summed E-state index contributed by atoms with van der Waals surface area (Å²) in [7, 11) is 0. The zero-order valence-electron chi connectivity index (χ0n) is 17.8. The molecule has 1 saturated heterocycles. The van der Waals surface area contributed by atoms with Gasteiger partial charge in [-0.2, -0.15) is 0 Å². The zero-order chi connectivity index (χ0) is 21.2. The van der Waals surface area contributed by atoms with E-state index < -0.39 is 5.91 Å². The molecule has 1 amide bonds. The van der Waals surface area contributed by atoms with Crippen molar-refractivity contribution in [1.29, 1.82) is 0 Å². The second-order valence-corrected chi connectivity index (χ2v) is 7.24. The topological polar surface area (TPSA) is 116 Å². The molecule has 1 aromatic carbocycles. The van der Waals surface area contributed by atoms with E-state index >= 15 is 0 Å². The Morgan fingerprint density at radius 1 is 1.00 bits per heavy atom. The number of rotatable bonds is 5. The van der Waals surface area contributed by atoms with Crippen LogP contribution < -0.4 is 74.1 Å². The number of imidazole rings is 1. The van der Waals surface area contributed by atoms with Crippen molar-refractivity contribution in [3.05, 3.63) is 72.1 Å². The number of primary amides is 1. The van der Waals surface area contributed by atoms with Gasteiger partial charge in [0.25, 0.3) is 0 Å². The number of nitrogens with two attached hydrogens (primary N) is 1. The fraction of sp³-hybridized carbons (Fsp3) is 0.182. The van der Waals surface area contributed by atoms with Crippen molar-refractivity contribution in [2.45, 2.75) is 0 Å². The van der Waals surface area contributed by atoms with Crippen LogP contribution >= 0.6 is 0 Å². The average Bonchev–Trinajstić information content (AvgIpc) is 3.31. The van der Waals surface area contributed by atoms with Gasteiger partial charge in [-0.3, -0.25) is 9.20 Å². The quantitative estimate of drug-likeness (QED) is 0.395. The molecule has 156 valence electrons. The van der Waals surface area contributed by atoms with Crippen LogP contribution in [0.15, 0.2) is 61.2 Å². The molecule has 0 radical (unpaired) electrons. The van der Waals surface area contributed by atoms with E-state index in [2.05, 4.69) is 30.5 Å². The second kappa shape index (κ2) is 10.2. The van der Waals surface area contributed by atoms with E-state index in [4.69, 9.17) is 5.73 Å². The number of carbonyl (C=O) groups excluding carboxylic acids is 1. The monoisotopic (exact) mass is 498 g/mol. The normalized spacial score (nSPS) is 13.6. The maximum Gasteiger partial charge on any atom is 1.00 e. The number of fused-ring (bicyclic) bond motifs is 1. The minimum atomic E-state index is -0.452. The van der Waals surface area contributed by atoms with E-state index in [1.165, 1.54) is 0 Å². The Labute approximate surface area is 234 Å². The molecule has 3 N–H and O–H groups in total. The van der Waals surface area contributed by atoms with Gasteiger partial charge in [0.15, 0.2) is 11.5 Å². The smallest absolute Gasteiger partial charge is 0.659 e. The zero-order valence-corrected chi connectivity index (χ0v) is 22.7. The van der Waals surface area contributed by atoms with Gasteiger partial charge in [0.05, 0.1) is 23.8 Å². The van der Waals surface area contributed by atoms with Crippen molar-refractivity contribution in [2.75, 3.05) is 36.4 Å². The molecule has 0 spiro atoms. The van der Waals surface area contributed by atoms with Crippen LogP contribution in [-0.2, 0) is 0 Å². The van der Waals surface area contributed by atoms with Gasteiger partial charge in [0.2, 0.25) is 5.91 Å². The third-order valence-corrected chi connectivity index (χ3v) is 5.28. The summed E-state index contributed by atoms with van der Waals surface area (Å²) in [5, 5.41) is 7.68. The second-order valence-electron chi connectivity index (χ2n) is 7.24. The molecule has 4 aromatic rings. The molecule has 10 heteroatoms. The summed E-state index contributed by atoms with van der Waals surface area (Å²) in [4.78, 5) is 27.2. The van der Waals surface area contributed by atoms with Gasteiger partial charge in [-0.15, -0.1) is 13.1 Å². The van der Waals surface area contributed by atoms with Gasteiger partial charge in [-0.05, 0) is 24.3 Å². The number of carbonyl (C=O) groups is 1. The molecular formula is C22H21N8ORb. The van der Waals surface area contributed by atoms with Gasteiger partial charge in [-0.1, -0.05) is 12.1 Å². The first kappa shape index (κ1) is 23.0. The van der Waals surface area contributed by atoms with Gasteiger partial charge in [0, 0.05) is 36.6 Å². The number of piperazine rings is 1. The number of nitrogens with zero attached hydrogens (tertiary/aromatic N) is 6. The molecule has 5 rings (SSSR count). The summed E-state index contributed by atoms with van der Waals surface area (Å²) in [6.07, 6.45) is 7.18. The van der Waals surface area contributed by atoms with E-state index in [0.29, 0.717) is 17.0 Å². The van der Waals surface area contributed by atoms with Crippen molar-refractivity contribution in [1.82, 2.24) is 19.4 Å². The SMILES string of the molecule is NC(=O)c1ccc(-c2cnc(Nc3ccc(N4CC[N-]CC4)nc3)c3nccn23)cc1.[Rb+]. The van der Waals surface area contributed by atoms with Crippen molar-refractivity contribution in [3.63, 3.8) is 0 Å². The van der Waals surface area contributed by atoms with E-state index in [9.17, 15) is 4.79 Å². The first-order chi connectivity index (χ1) is 15.2. The molecule has 0 unspecified atom stereocenters. The number of hydrogen-bond donors (Lipinski definition) is 2. The molecule has 1 aliphatic rings.